The number of aryl methyl sites for hydroxylation is 2. The summed E-state index contributed by atoms with van der Waals surface area (Å²) < 4.78 is 5.09. The van der Waals surface area contributed by atoms with Crippen LogP contribution in [0.25, 0.3) is 0 Å². The Morgan fingerprint density at radius 1 is 1.00 bits per heavy atom. The number of carbonyl (C=O) groups excluding carboxylic acids is 4. The number of hydrogen-bond acceptors (Lipinski definition) is 5. The van der Waals surface area contributed by atoms with Crippen molar-refractivity contribution in [3.8, 4) is 0 Å². The lowest BCUT2D eigenvalue weighted by Crippen LogP contribution is -2.44. The second-order valence-corrected chi connectivity index (χ2v) is 8.36. The number of rotatable bonds is 6. The van der Waals surface area contributed by atoms with E-state index in [1.54, 1.807) is 6.07 Å². The third-order valence-electron chi connectivity index (χ3n) is 5.42. The van der Waals surface area contributed by atoms with Gasteiger partial charge in [-0.1, -0.05) is 19.1 Å². The van der Waals surface area contributed by atoms with Crippen molar-refractivity contribution in [3.63, 3.8) is 0 Å². The summed E-state index contributed by atoms with van der Waals surface area (Å²) in [6.07, 6.45) is 0.727. The molecule has 1 aliphatic heterocycles. The van der Waals surface area contributed by atoms with Crippen LogP contribution in [-0.4, -0.2) is 35.8 Å². The number of amides is 3. The summed E-state index contributed by atoms with van der Waals surface area (Å²) in [5.41, 5.74) is 2.30. The Morgan fingerprint density at radius 2 is 1.68 bits per heavy atom. The molecule has 3 rings (SSSR count). The van der Waals surface area contributed by atoms with E-state index in [2.05, 4.69) is 5.32 Å². The van der Waals surface area contributed by atoms with Crippen LogP contribution < -0.4 is 10.2 Å². The van der Waals surface area contributed by atoms with Crippen molar-refractivity contribution >= 4 is 29.4 Å². The standard InChI is InChI=1S/C24H26N2O5/c1-6-24(4,5)25-20(27)13-31-23(30)16-9-10-17-18(12-16)22(29)26(21(17)28)19-11-14(2)7-8-15(19)3/h7-12H,6,13H2,1-5H3,(H,25,27). The van der Waals surface area contributed by atoms with Gasteiger partial charge in [-0.25, -0.2) is 9.69 Å². The highest BCUT2D eigenvalue weighted by Gasteiger charge is 2.38. The van der Waals surface area contributed by atoms with E-state index < -0.39 is 35.8 Å². The fourth-order valence-corrected chi connectivity index (χ4v) is 3.26. The van der Waals surface area contributed by atoms with E-state index >= 15 is 0 Å². The predicted octanol–water partition coefficient (Wildman–Crippen LogP) is 3.57. The molecule has 31 heavy (non-hydrogen) atoms. The third kappa shape index (κ3) is 4.50. The Labute approximate surface area is 181 Å². The fourth-order valence-electron chi connectivity index (χ4n) is 3.26. The number of nitrogens with one attached hydrogen (secondary N) is 1. The molecule has 162 valence electrons. The monoisotopic (exact) mass is 422 g/mol. The molecule has 3 amide bonds. The van der Waals surface area contributed by atoms with E-state index in [1.807, 2.05) is 46.8 Å². The second-order valence-electron chi connectivity index (χ2n) is 8.36. The zero-order valence-electron chi connectivity index (χ0n) is 18.4. The number of esters is 1. The van der Waals surface area contributed by atoms with Crippen molar-refractivity contribution in [2.24, 2.45) is 0 Å². The summed E-state index contributed by atoms with van der Waals surface area (Å²) >= 11 is 0. The molecule has 0 saturated heterocycles. The highest BCUT2D eigenvalue weighted by atomic mass is 16.5. The molecule has 0 fully saturated rings. The van der Waals surface area contributed by atoms with Crippen LogP contribution in [0.4, 0.5) is 5.69 Å². The fraction of sp³-hybridized carbons (Fsp3) is 0.333. The van der Waals surface area contributed by atoms with Gasteiger partial charge >= 0.3 is 5.97 Å². The third-order valence-corrected chi connectivity index (χ3v) is 5.42. The lowest BCUT2D eigenvalue weighted by Gasteiger charge is -2.24. The summed E-state index contributed by atoms with van der Waals surface area (Å²) in [4.78, 5) is 51.4. The predicted molar refractivity (Wildman–Crippen MR) is 116 cm³/mol. The Balaban J connectivity index is 1.78. The van der Waals surface area contributed by atoms with Gasteiger partial charge in [0.1, 0.15) is 0 Å². The lowest BCUT2D eigenvalue weighted by atomic mass is 10.0. The molecular formula is C24H26N2O5. The first-order valence-corrected chi connectivity index (χ1v) is 10.1. The molecule has 1 heterocycles. The van der Waals surface area contributed by atoms with Gasteiger partial charge in [0.2, 0.25) is 0 Å². The molecule has 1 N–H and O–H groups in total. The van der Waals surface area contributed by atoms with Crippen molar-refractivity contribution < 1.29 is 23.9 Å². The molecule has 1 aliphatic rings. The van der Waals surface area contributed by atoms with Crippen molar-refractivity contribution in [2.45, 2.75) is 46.6 Å². The Morgan fingerprint density at radius 3 is 2.35 bits per heavy atom. The first-order chi connectivity index (χ1) is 14.5. The van der Waals surface area contributed by atoms with Gasteiger partial charge in [-0.3, -0.25) is 14.4 Å². The van der Waals surface area contributed by atoms with Crippen LogP contribution in [0, 0.1) is 13.8 Å². The number of anilines is 1. The van der Waals surface area contributed by atoms with Gasteiger partial charge in [-0.15, -0.1) is 0 Å². The van der Waals surface area contributed by atoms with Gasteiger partial charge in [-0.05, 0) is 69.5 Å². The number of ether oxygens (including phenoxy) is 1. The number of fused-ring (bicyclic) bond motifs is 1. The van der Waals surface area contributed by atoms with Crippen molar-refractivity contribution in [1.29, 1.82) is 0 Å². The maximum absolute atomic E-state index is 13.0. The first kappa shape index (κ1) is 22.2. The highest BCUT2D eigenvalue weighted by Crippen LogP contribution is 2.31. The molecule has 0 spiro atoms. The second kappa shape index (κ2) is 8.34. The van der Waals surface area contributed by atoms with Gasteiger partial charge in [0.05, 0.1) is 22.4 Å². The summed E-state index contributed by atoms with van der Waals surface area (Å²) in [7, 11) is 0. The van der Waals surface area contributed by atoms with Gasteiger partial charge < -0.3 is 10.1 Å². The van der Waals surface area contributed by atoms with E-state index in [9.17, 15) is 19.2 Å². The Hall–Kier alpha value is -3.48. The maximum atomic E-state index is 13.0. The topological polar surface area (TPSA) is 92.8 Å². The van der Waals surface area contributed by atoms with Crippen LogP contribution in [0.2, 0.25) is 0 Å². The number of imide groups is 1. The van der Waals surface area contributed by atoms with Gasteiger partial charge in [-0.2, -0.15) is 0 Å². The van der Waals surface area contributed by atoms with Crippen LogP contribution in [0.1, 0.15) is 69.4 Å². The van der Waals surface area contributed by atoms with Crippen LogP contribution in [0.3, 0.4) is 0 Å². The smallest absolute Gasteiger partial charge is 0.338 e. The molecule has 0 aromatic heterocycles. The highest BCUT2D eigenvalue weighted by molar-refractivity contribution is 6.35. The largest absolute Gasteiger partial charge is 0.452 e. The summed E-state index contributed by atoms with van der Waals surface area (Å²) in [5, 5.41) is 2.78. The average molecular weight is 422 g/mol. The SMILES string of the molecule is CCC(C)(C)NC(=O)COC(=O)c1ccc2c(c1)C(=O)N(c1cc(C)ccc1C)C2=O. The minimum absolute atomic E-state index is 0.102. The minimum atomic E-state index is -0.738. The molecule has 0 atom stereocenters. The van der Waals surface area contributed by atoms with E-state index in [0.29, 0.717) is 5.69 Å². The molecule has 0 aliphatic carbocycles. The molecule has 0 unspecified atom stereocenters. The zero-order chi connectivity index (χ0) is 22.9. The number of benzene rings is 2. The number of carbonyl (C=O) groups is 4. The maximum Gasteiger partial charge on any atom is 0.338 e. The number of hydrogen-bond donors (Lipinski definition) is 1. The molecule has 0 bridgehead atoms. The number of nitrogens with zero attached hydrogens (tertiary/aromatic N) is 1. The van der Waals surface area contributed by atoms with Crippen LogP contribution >= 0.6 is 0 Å². The minimum Gasteiger partial charge on any atom is -0.452 e. The molecule has 7 heteroatoms. The normalized spacial score (nSPS) is 13.3. The zero-order valence-corrected chi connectivity index (χ0v) is 18.4. The summed E-state index contributed by atoms with van der Waals surface area (Å²) in [5.74, 6) is -2.08. The lowest BCUT2D eigenvalue weighted by molar-refractivity contribution is -0.125. The van der Waals surface area contributed by atoms with Crippen molar-refractivity contribution in [3.05, 3.63) is 64.2 Å². The van der Waals surface area contributed by atoms with Gasteiger partial charge in [0.25, 0.3) is 17.7 Å². The van der Waals surface area contributed by atoms with Crippen molar-refractivity contribution in [1.82, 2.24) is 5.32 Å². The molecule has 2 aromatic rings. The van der Waals surface area contributed by atoms with Gasteiger partial charge in [0, 0.05) is 5.54 Å². The molecular weight excluding hydrogens is 396 g/mol. The van der Waals surface area contributed by atoms with Crippen LogP contribution in [0.5, 0.6) is 0 Å². The van der Waals surface area contributed by atoms with E-state index in [1.165, 1.54) is 18.2 Å². The average Bonchev–Trinajstić information content (AvgIpc) is 2.97. The molecule has 0 saturated carbocycles. The van der Waals surface area contributed by atoms with Crippen LogP contribution in [-0.2, 0) is 9.53 Å². The molecule has 2 aromatic carbocycles. The Kier molecular flexibility index (Phi) is 5.97. The molecule has 7 nitrogen and oxygen atoms in total. The van der Waals surface area contributed by atoms with Crippen LogP contribution in [0.15, 0.2) is 36.4 Å². The van der Waals surface area contributed by atoms with Gasteiger partial charge in [0.15, 0.2) is 6.61 Å². The first-order valence-electron chi connectivity index (χ1n) is 10.1. The quantitative estimate of drug-likeness (QED) is 0.568. The molecule has 0 radical (unpaired) electrons. The Bertz CT molecular complexity index is 1090. The van der Waals surface area contributed by atoms with E-state index in [4.69, 9.17) is 4.74 Å². The van der Waals surface area contributed by atoms with Crippen molar-refractivity contribution in [2.75, 3.05) is 11.5 Å². The summed E-state index contributed by atoms with van der Waals surface area (Å²) in [6.45, 7) is 8.96. The van der Waals surface area contributed by atoms with E-state index in [-0.39, 0.29) is 16.7 Å². The van der Waals surface area contributed by atoms with E-state index in [0.717, 1.165) is 22.4 Å². The summed E-state index contributed by atoms with van der Waals surface area (Å²) in [6, 6.07) is 9.74.